The van der Waals surface area contributed by atoms with Crippen molar-refractivity contribution in [2.75, 3.05) is 11.1 Å². The van der Waals surface area contributed by atoms with E-state index in [4.69, 9.17) is 0 Å². The monoisotopic (exact) mass is 394 g/mol. The van der Waals surface area contributed by atoms with Gasteiger partial charge in [0.1, 0.15) is 0 Å². The van der Waals surface area contributed by atoms with Crippen LogP contribution >= 0.6 is 11.8 Å². The summed E-state index contributed by atoms with van der Waals surface area (Å²) in [6.07, 6.45) is 0. The van der Waals surface area contributed by atoms with Crippen LogP contribution in [0.3, 0.4) is 0 Å². The van der Waals surface area contributed by atoms with Gasteiger partial charge in [0, 0.05) is 5.56 Å². The van der Waals surface area contributed by atoms with Gasteiger partial charge in [0.05, 0.1) is 22.3 Å². The first kappa shape index (κ1) is 17.7. The molecule has 0 aliphatic rings. The number of para-hydroxylation sites is 2. The molecule has 0 fully saturated rings. The Morgan fingerprint density at radius 1 is 1.07 bits per heavy atom. The second-order valence-corrected chi connectivity index (χ2v) is 6.70. The molecule has 0 radical (unpaired) electrons. The lowest BCUT2D eigenvalue weighted by Crippen LogP contribution is -2.15. The number of aromatic amines is 2. The van der Waals surface area contributed by atoms with Crippen LogP contribution in [0.1, 0.15) is 10.4 Å². The van der Waals surface area contributed by atoms with Crippen LogP contribution in [0.15, 0.2) is 53.7 Å². The van der Waals surface area contributed by atoms with Gasteiger partial charge in [0.25, 0.3) is 0 Å². The Morgan fingerprint density at radius 3 is 2.68 bits per heavy atom. The first-order valence-corrected chi connectivity index (χ1v) is 9.21. The minimum atomic E-state index is -1.05. The molecule has 4 rings (SSSR count). The van der Waals surface area contributed by atoms with Crippen LogP contribution in [-0.4, -0.2) is 47.9 Å². The molecule has 0 aliphatic carbocycles. The van der Waals surface area contributed by atoms with E-state index in [9.17, 15) is 14.7 Å². The van der Waals surface area contributed by atoms with E-state index in [0.717, 1.165) is 22.8 Å². The standard InChI is InChI=1S/C18H14N6O3S/c25-14(21-17-19-12-7-3-4-8-13(12)20-17)9-28-18-22-15(23-24-18)10-5-1-2-6-11(10)16(26)27/h1-8H,9H2,(H,26,27)(H,22,23,24)(H2,19,20,21,25). The van der Waals surface area contributed by atoms with Gasteiger partial charge in [-0.25, -0.2) is 14.8 Å². The van der Waals surface area contributed by atoms with Crippen molar-refractivity contribution < 1.29 is 14.7 Å². The lowest BCUT2D eigenvalue weighted by molar-refractivity contribution is -0.113. The summed E-state index contributed by atoms with van der Waals surface area (Å²) in [6.45, 7) is 0. The molecule has 0 saturated heterocycles. The van der Waals surface area contributed by atoms with Gasteiger partial charge in [-0.2, -0.15) is 0 Å². The second-order valence-electron chi connectivity index (χ2n) is 5.76. The zero-order chi connectivity index (χ0) is 19.5. The summed E-state index contributed by atoms with van der Waals surface area (Å²) in [6, 6.07) is 14.0. The molecule has 2 aromatic heterocycles. The number of carbonyl (C=O) groups excluding carboxylic acids is 1. The fraction of sp³-hybridized carbons (Fsp3) is 0.0556. The topological polar surface area (TPSA) is 137 Å². The fourth-order valence-corrected chi connectivity index (χ4v) is 3.22. The number of rotatable bonds is 6. The molecule has 4 aromatic rings. The summed E-state index contributed by atoms with van der Waals surface area (Å²) in [4.78, 5) is 35.0. The predicted molar refractivity (Wildman–Crippen MR) is 104 cm³/mol. The number of hydrogen-bond acceptors (Lipinski definition) is 6. The number of H-pyrrole nitrogens is 2. The van der Waals surface area contributed by atoms with Crippen LogP contribution in [-0.2, 0) is 4.79 Å². The molecule has 9 nitrogen and oxygen atoms in total. The number of amides is 1. The van der Waals surface area contributed by atoms with Crippen molar-refractivity contribution in [3.8, 4) is 11.4 Å². The first-order chi connectivity index (χ1) is 13.6. The number of anilines is 1. The largest absolute Gasteiger partial charge is 0.478 e. The number of hydrogen-bond donors (Lipinski definition) is 4. The third-order valence-electron chi connectivity index (χ3n) is 3.86. The Kier molecular flexibility index (Phi) is 4.77. The molecular weight excluding hydrogens is 380 g/mol. The number of aromatic carboxylic acids is 1. The number of fused-ring (bicyclic) bond motifs is 1. The molecule has 0 bridgehead atoms. The zero-order valence-electron chi connectivity index (χ0n) is 14.3. The Labute approximate surface area is 162 Å². The van der Waals surface area contributed by atoms with Crippen molar-refractivity contribution in [1.82, 2.24) is 25.1 Å². The number of aromatic nitrogens is 5. The summed E-state index contributed by atoms with van der Waals surface area (Å²) >= 11 is 1.13. The average Bonchev–Trinajstić information content (AvgIpc) is 3.32. The molecule has 0 atom stereocenters. The molecule has 2 aromatic carbocycles. The third kappa shape index (κ3) is 3.71. The number of carboxylic acid groups (broad SMARTS) is 1. The SMILES string of the molecule is O=C(CSc1n[nH]c(-c2ccccc2C(=O)O)n1)Nc1nc2ccccc2[nH]1. The van der Waals surface area contributed by atoms with Gasteiger partial charge in [-0.15, -0.1) is 5.10 Å². The van der Waals surface area contributed by atoms with E-state index in [-0.39, 0.29) is 17.2 Å². The summed E-state index contributed by atoms with van der Waals surface area (Å²) in [5.41, 5.74) is 2.15. The number of imidazole rings is 1. The van der Waals surface area contributed by atoms with Crippen LogP contribution in [0.2, 0.25) is 0 Å². The number of nitrogens with one attached hydrogen (secondary N) is 3. The molecule has 2 heterocycles. The Morgan fingerprint density at radius 2 is 1.86 bits per heavy atom. The van der Waals surface area contributed by atoms with Crippen molar-refractivity contribution >= 4 is 40.6 Å². The molecule has 0 unspecified atom stereocenters. The third-order valence-corrected chi connectivity index (χ3v) is 4.70. The highest BCUT2D eigenvalue weighted by molar-refractivity contribution is 7.99. The Hall–Kier alpha value is -3.66. The maximum atomic E-state index is 12.1. The number of carbonyl (C=O) groups is 2. The molecule has 1 amide bonds. The number of carboxylic acids is 1. The van der Waals surface area contributed by atoms with Gasteiger partial charge < -0.3 is 10.1 Å². The van der Waals surface area contributed by atoms with Crippen LogP contribution in [0.4, 0.5) is 5.95 Å². The first-order valence-electron chi connectivity index (χ1n) is 8.22. The minimum Gasteiger partial charge on any atom is -0.478 e. The predicted octanol–water partition coefficient (Wildman–Crippen LogP) is 2.78. The average molecular weight is 394 g/mol. The maximum absolute atomic E-state index is 12.1. The van der Waals surface area contributed by atoms with Crippen LogP contribution in [0.5, 0.6) is 0 Å². The van der Waals surface area contributed by atoms with Crippen molar-refractivity contribution in [2.45, 2.75) is 5.16 Å². The van der Waals surface area contributed by atoms with Crippen molar-refractivity contribution in [3.05, 3.63) is 54.1 Å². The quantitative estimate of drug-likeness (QED) is 0.369. The van der Waals surface area contributed by atoms with E-state index in [1.807, 2.05) is 24.3 Å². The van der Waals surface area contributed by atoms with Crippen LogP contribution in [0.25, 0.3) is 22.4 Å². The van der Waals surface area contributed by atoms with E-state index in [1.165, 1.54) is 6.07 Å². The van der Waals surface area contributed by atoms with E-state index < -0.39 is 5.97 Å². The molecule has 0 aliphatic heterocycles. The van der Waals surface area contributed by atoms with Crippen molar-refractivity contribution in [2.24, 2.45) is 0 Å². The molecule has 28 heavy (non-hydrogen) atoms. The number of benzene rings is 2. The van der Waals surface area contributed by atoms with Gasteiger partial charge in [-0.3, -0.25) is 15.2 Å². The minimum absolute atomic E-state index is 0.0783. The Balaban J connectivity index is 1.40. The summed E-state index contributed by atoms with van der Waals surface area (Å²) in [5, 5.41) is 19.1. The highest BCUT2D eigenvalue weighted by Crippen LogP contribution is 2.23. The van der Waals surface area contributed by atoms with Crippen LogP contribution in [0, 0.1) is 0 Å². The van der Waals surface area contributed by atoms with Gasteiger partial charge >= 0.3 is 5.97 Å². The molecule has 10 heteroatoms. The smallest absolute Gasteiger partial charge is 0.336 e. The van der Waals surface area contributed by atoms with Crippen molar-refractivity contribution in [1.29, 1.82) is 0 Å². The van der Waals surface area contributed by atoms with Gasteiger partial charge in [-0.05, 0) is 18.2 Å². The van der Waals surface area contributed by atoms with E-state index in [1.54, 1.807) is 18.2 Å². The van der Waals surface area contributed by atoms with E-state index in [2.05, 4.69) is 30.5 Å². The number of nitrogens with zero attached hydrogens (tertiary/aromatic N) is 3. The molecule has 4 N–H and O–H groups in total. The summed E-state index contributed by atoms with van der Waals surface area (Å²) in [5.74, 6) is -0.529. The normalized spacial score (nSPS) is 10.9. The van der Waals surface area contributed by atoms with Gasteiger partial charge in [0.15, 0.2) is 5.82 Å². The second kappa shape index (κ2) is 7.53. The molecule has 0 spiro atoms. The molecule has 0 saturated carbocycles. The molecule has 140 valence electrons. The van der Waals surface area contributed by atoms with E-state index >= 15 is 0 Å². The van der Waals surface area contributed by atoms with Crippen LogP contribution < -0.4 is 5.32 Å². The van der Waals surface area contributed by atoms with Crippen molar-refractivity contribution in [3.63, 3.8) is 0 Å². The Bertz CT molecular complexity index is 1140. The summed E-state index contributed by atoms with van der Waals surface area (Å²) in [7, 11) is 0. The van der Waals surface area contributed by atoms with Gasteiger partial charge in [0.2, 0.25) is 17.0 Å². The van der Waals surface area contributed by atoms with E-state index in [0.29, 0.717) is 22.5 Å². The fourth-order valence-electron chi connectivity index (χ4n) is 2.62. The number of thioether (sulfide) groups is 1. The molecular formula is C18H14N6O3S. The lowest BCUT2D eigenvalue weighted by Gasteiger charge is -2.01. The highest BCUT2D eigenvalue weighted by atomic mass is 32.2. The lowest BCUT2D eigenvalue weighted by atomic mass is 10.1. The zero-order valence-corrected chi connectivity index (χ0v) is 15.2. The summed E-state index contributed by atoms with van der Waals surface area (Å²) < 4.78 is 0. The highest BCUT2D eigenvalue weighted by Gasteiger charge is 2.15. The maximum Gasteiger partial charge on any atom is 0.336 e. The van der Waals surface area contributed by atoms with Gasteiger partial charge in [-0.1, -0.05) is 42.1 Å².